The molecule has 2 bridgehead atoms. The van der Waals surface area contributed by atoms with Crippen molar-refractivity contribution in [2.45, 2.75) is 43.8 Å². The van der Waals surface area contributed by atoms with Crippen LogP contribution in [-0.2, 0) is 9.84 Å². The first kappa shape index (κ1) is 12.0. The van der Waals surface area contributed by atoms with Crippen LogP contribution in [0.2, 0.25) is 0 Å². The molecule has 0 aromatic carbocycles. The number of hydrogen-bond donors (Lipinski definition) is 1. The Bertz CT molecular complexity index is 379. The van der Waals surface area contributed by atoms with Crippen LogP contribution in [0.3, 0.4) is 0 Å². The van der Waals surface area contributed by atoms with Crippen LogP contribution in [0.25, 0.3) is 0 Å². The lowest BCUT2D eigenvalue weighted by atomic mass is 9.89. The van der Waals surface area contributed by atoms with Crippen molar-refractivity contribution in [1.29, 1.82) is 0 Å². The minimum absolute atomic E-state index is 0.0962. The summed E-state index contributed by atoms with van der Waals surface area (Å²) in [5.41, 5.74) is 0. The van der Waals surface area contributed by atoms with E-state index in [-0.39, 0.29) is 5.25 Å². The monoisotopic (exact) mass is 257 g/mol. The Kier molecular flexibility index (Phi) is 3.20. The molecular formula is C13H23NO2S. The van der Waals surface area contributed by atoms with Crippen LogP contribution in [-0.4, -0.2) is 32.5 Å². The predicted molar refractivity (Wildman–Crippen MR) is 68.6 cm³/mol. The van der Waals surface area contributed by atoms with E-state index in [0.29, 0.717) is 12.3 Å². The molecule has 1 heterocycles. The lowest BCUT2D eigenvalue weighted by molar-refractivity contribution is 0.319. The van der Waals surface area contributed by atoms with E-state index < -0.39 is 9.84 Å². The second-order valence-corrected chi connectivity index (χ2v) is 8.63. The maximum atomic E-state index is 11.7. The molecule has 17 heavy (non-hydrogen) atoms. The average molecular weight is 257 g/mol. The number of hydrogen-bond acceptors (Lipinski definition) is 3. The zero-order valence-corrected chi connectivity index (χ0v) is 11.2. The maximum absolute atomic E-state index is 11.7. The van der Waals surface area contributed by atoms with Gasteiger partial charge in [-0.1, -0.05) is 6.42 Å². The van der Waals surface area contributed by atoms with Gasteiger partial charge in [0.15, 0.2) is 9.84 Å². The van der Waals surface area contributed by atoms with E-state index in [1.807, 2.05) is 0 Å². The molecule has 0 radical (unpaired) electrons. The molecule has 0 amide bonds. The molecule has 1 saturated heterocycles. The first-order chi connectivity index (χ1) is 8.15. The third kappa shape index (κ3) is 2.39. The molecule has 4 heteroatoms. The number of nitrogens with one attached hydrogen (secondary N) is 1. The van der Waals surface area contributed by atoms with E-state index in [2.05, 4.69) is 5.32 Å². The van der Waals surface area contributed by atoms with E-state index in [4.69, 9.17) is 0 Å². The summed E-state index contributed by atoms with van der Waals surface area (Å²) in [5, 5.41) is 3.33. The van der Waals surface area contributed by atoms with E-state index in [1.54, 1.807) is 0 Å². The highest BCUT2D eigenvalue weighted by Crippen LogP contribution is 2.47. The van der Waals surface area contributed by atoms with Crippen molar-refractivity contribution in [1.82, 2.24) is 5.32 Å². The molecule has 0 spiro atoms. The third-order valence-corrected chi connectivity index (χ3v) is 7.40. The van der Waals surface area contributed by atoms with Crippen LogP contribution in [0.15, 0.2) is 0 Å². The Morgan fingerprint density at radius 1 is 1.06 bits per heavy atom. The lowest BCUT2D eigenvalue weighted by Crippen LogP contribution is -2.34. The highest BCUT2D eigenvalue weighted by atomic mass is 32.2. The largest absolute Gasteiger partial charge is 0.315 e. The standard InChI is InChI=1S/C13H23NO2S/c15-17(16)5-1-2-13(17)9-14-8-12-7-10-3-4-11(12)6-10/h10-14H,1-9H2. The van der Waals surface area contributed by atoms with E-state index in [1.165, 1.54) is 25.7 Å². The van der Waals surface area contributed by atoms with Gasteiger partial charge in [-0.25, -0.2) is 8.42 Å². The molecule has 3 rings (SSSR count). The molecule has 3 aliphatic rings. The molecule has 2 saturated carbocycles. The van der Waals surface area contributed by atoms with Crippen molar-refractivity contribution in [3.8, 4) is 0 Å². The molecule has 2 aliphatic carbocycles. The first-order valence-corrected chi connectivity index (χ1v) is 8.79. The van der Waals surface area contributed by atoms with Crippen molar-refractivity contribution >= 4 is 9.84 Å². The predicted octanol–water partition coefficient (Wildman–Crippen LogP) is 1.59. The third-order valence-electron chi connectivity index (χ3n) is 5.13. The molecule has 98 valence electrons. The fourth-order valence-corrected chi connectivity index (χ4v) is 5.94. The summed E-state index contributed by atoms with van der Waals surface area (Å²) in [7, 11) is -2.76. The molecule has 1 N–H and O–H groups in total. The van der Waals surface area contributed by atoms with E-state index in [9.17, 15) is 8.42 Å². The fraction of sp³-hybridized carbons (Fsp3) is 1.00. The van der Waals surface area contributed by atoms with Gasteiger partial charge in [-0.05, 0) is 56.4 Å². The smallest absolute Gasteiger partial charge is 0.154 e. The van der Waals surface area contributed by atoms with Crippen LogP contribution >= 0.6 is 0 Å². The van der Waals surface area contributed by atoms with Crippen LogP contribution in [0, 0.1) is 17.8 Å². The van der Waals surface area contributed by atoms with Crippen molar-refractivity contribution in [3.63, 3.8) is 0 Å². The first-order valence-electron chi connectivity index (χ1n) is 7.07. The summed E-state index contributed by atoms with van der Waals surface area (Å²) in [6.07, 6.45) is 7.41. The zero-order chi connectivity index (χ0) is 11.9. The van der Waals surface area contributed by atoms with Gasteiger partial charge in [0.2, 0.25) is 0 Å². The van der Waals surface area contributed by atoms with Crippen molar-refractivity contribution in [2.24, 2.45) is 17.8 Å². The van der Waals surface area contributed by atoms with Crippen LogP contribution in [0.1, 0.15) is 38.5 Å². The van der Waals surface area contributed by atoms with Gasteiger partial charge in [0.05, 0.1) is 11.0 Å². The van der Waals surface area contributed by atoms with Crippen LogP contribution in [0.4, 0.5) is 0 Å². The van der Waals surface area contributed by atoms with Gasteiger partial charge in [-0.3, -0.25) is 0 Å². The number of fused-ring (bicyclic) bond motifs is 2. The Labute approximate surface area is 104 Å². The Morgan fingerprint density at radius 3 is 2.53 bits per heavy atom. The molecule has 4 atom stereocenters. The average Bonchev–Trinajstić information content (AvgIpc) is 2.94. The molecule has 0 aromatic rings. The second kappa shape index (κ2) is 4.54. The molecular weight excluding hydrogens is 234 g/mol. The summed E-state index contributed by atoms with van der Waals surface area (Å²) in [4.78, 5) is 0. The summed E-state index contributed by atoms with van der Waals surface area (Å²) in [6, 6.07) is 0. The summed E-state index contributed by atoms with van der Waals surface area (Å²) in [6.45, 7) is 1.74. The summed E-state index contributed by atoms with van der Waals surface area (Å²) < 4.78 is 23.4. The topological polar surface area (TPSA) is 46.2 Å². The minimum Gasteiger partial charge on any atom is -0.315 e. The maximum Gasteiger partial charge on any atom is 0.154 e. The summed E-state index contributed by atoms with van der Waals surface area (Å²) >= 11 is 0. The quantitative estimate of drug-likeness (QED) is 0.832. The van der Waals surface area contributed by atoms with Gasteiger partial charge >= 0.3 is 0 Å². The van der Waals surface area contributed by atoms with Crippen LogP contribution in [0.5, 0.6) is 0 Å². The highest BCUT2D eigenvalue weighted by molar-refractivity contribution is 7.92. The number of rotatable bonds is 4. The highest BCUT2D eigenvalue weighted by Gasteiger charge is 2.39. The fourth-order valence-electron chi connectivity index (χ4n) is 4.14. The van der Waals surface area contributed by atoms with Crippen molar-refractivity contribution < 1.29 is 8.42 Å². The van der Waals surface area contributed by atoms with Crippen LogP contribution < -0.4 is 5.32 Å². The van der Waals surface area contributed by atoms with Gasteiger partial charge in [0, 0.05) is 6.54 Å². The summed E-state index contributed by atoms with van der Waals surface area (Å²) in [5.74, 6) is 3.17. The Hall–Kier alpha value is -0.0900. The minimum atomic E-state index is -2.76. The van der Waals surface area contributed by atoms with E-state index in [0.717, 1.165) is 37.1 Å². The van der Waals surface area contributed by atoms with Gasteiger partial charge in [0.25, 0.3) is 0 Å². The SMILES string of the molecule is O=S1(=O)CCCC1CNCC1CC2CCC1C2. The molecule has 3 fully saturated rings. The van der Waals surface area contributed by atoms with Gasteiger partial charge < -0.3 is 5.32 Å². The molecule has 4 unspecified atom stereocenters. The molecule has 0 aromatic heterocycles. The molecule has 3 nitrogen and oxygen atoms in total. The van der Waals surface area contributed by atoms with E-state index >= 15 is 0 Å². The number of sulfone groups is 1. The Balaban J connectivity index is 1.44. The second-order valence-electron chi connectivity index (χ2n) is 6.22. The van der Waals surface area contributed by atoms with Crippen molar-refractivity contribution in [3.05, 3.63) is 0 Å². The van der Waals surface area contributed by atoms with Crippen molar-refractivity contribution in [2.75, 3.05) is 18.8 Å². The van der Waals surface area contributed by atoms with Gasteiger partial charge in [0.1, 0.15) is 0 Å². The van der Waals surface area contributed by atoms with Gasteiger partial charge in [-0.15, -0.1) is 0 Å². The zero-order valence-electron chi connectivity index (χ0n) is 10.4. The normalized spacial score (nSPS) is 43.3. The van der Waals surface area contributed by atoms with Gasteiger partial charge in [-0.2, -0.15) is 0 Å². The Morgan fingerprint density at radius 2 is 1.94 bits per heavy atom. The molecule has 1 aliphatic heterocycles. The lowest BCUT2D eigenvalue weighted by Gasteiger charge is -2.22.